The summed E-state index contributed by atoms with van der Waals surface area (Å²) >= 11 is 0. The highest BCUT2D eigenvalue weighted by molar-refractivity contribution is 5.75. The van der Waals surface area contributed by atoms with Gasteiger partial charge in [0.1, 0.15) is 11.9 Å². The molecule has 0 radical (unpaired) electrons. The maximum absolute atomic E-state index is 12.7. The van der Waals surface area contributed by atoms with Gasteiger partial charge in [-0.3, -0.25) is 0 Å². The van der Waals surface area contributed by atoms with Gasteiger partial charge < -0.3 is 24.6 Å². The highest BCUT2D eigenvalue weighted by Crippen LogP contribution is 2.27. The molecular formula is C19H31N3O3. The van der Waals surface area contributed by atoms with Gasteiger partial charge in [0.15, 0.2) is 0 Å². The van der Waals surface area contributed by atoms with Crippen molar-refractivity contribution in [3.63, 3.8) is 0 Å². The Morgan fingerprint density at radius 1 is 1.32 bits per heavy atom. The highest BCUT2D eigenvalue weighted by atomic mass is 16.4. The summed E-state index contributed by atoms with van der Waals surface area (Å²) in [6, 6.07) is 3.77. The topological polar surface area (TPSA) is 69.0 Å². The molecule has 2 amide bonds. The van der Waals surface area contributed by atoms with Gasteiger partial charge in [0.2, 0.25) is 0 Å². The molecule has 1 aromatic heterocycles. The molecule has 3 rings (SSSR count). The van der Waals surface area contributed by atoms with Crippen molar-refractivity contribution < 1.29 is 14.3 Å². The Labute approximate surface area is 150 Å². The standard InChI is InChI=1S/C19H31N3O3/c1-15(14-21-9-3-2-4-10-21)20-19(24)22-11-5-7-16(22)13-17(23)18-8-6-12-25-18/h6,8,12,15-17,23H,2-5,7,9-11,13-14H2,1H3,(H,20,24). The minimum Gasteiger partial charge on any atom is -0.467 e. The molecular weight excluding hydrogens is 318 g/mol. The summed E-state index contributed by atoms with van der Waals surface area (Å²) < 4.78 is 5.28. The lowest BCUT2D eigenvalue weighted by Gasteiger charge is -2.31. The predicted octanol–water partition coefficient (Wildman–Crippen LogP) is 2.75. The number of likely N-dealkylation sites (tertiary alicyclic amines) is 2. The highest BCUT2D eigenvalue weighted by Gasteiger charge is 2.32. The molecule has 2 fully saturated rings. The summed E-state index contributed by atoms with van der Waals surface area (Å²) in [5.74, 6) is 0.575. The SMILES string of the molecule is CC(CN1CCCCC1)NC(=O)N1CCCC1CC(O)c1ccco1. The normalized spacial score (nSPS) is 24.2. The first-order valence-corrected chi connectivity index (χ1v) is 9.64. The van der Waals surface area contributed by atoms with Crippen LogP contribution in [0.15, 0.2) is 22.8 Å². The number of piperidine rings is 1. The van der Waals surface area contributed by atoms with E-state index in [1.165, 1.54) is 19.3 Å². The number of urea groups is 1. The van der Waals surface area contributed by atoms with Crippen LogP contribution in [-0.2, 0) is 0 Å². The smallest absolute Gasteiger partial charge is 0.317 e. The average molecular weight is 349 g/mol. The zero-order valence-electron chi connectivity index (χ0n) is 15.2. The van der Waals surface area contributed by atoms with Crippen LogP contribution >= 0.6 is 0 Å². The Kier molecular flexibility index (Phi) is 6.37. The number of furan rings is 1. The van der Waals surface area contributed by atoms with Crippen molar-refractivity contribution in [3.05, 3.63) is 24.2 Å². The molecule has 3 atom stereocenters. The van der Waals surface area contributed by atoms with E-state index in [2.05, 4.69) is 17.1 Å². The van der Waals surface area contributed by atoms with Gasteiger partial charge in [0.05, 0.1) is 6.26 Å². The molecule has 140 valence electrons. The maximum Gasteiger partial charge on any atom is 0.317 e. The van der Waals surface area contributed by atoms with Gasteiger partial charge in [-0.15, -0.1) is 0 Å². The van der Waals surface area contributed by atoms with Crippen LogP contribution in [0.25, 0.3) is 0 Å². The lowest BCUT2D eigenvalue weighted by atomic mass is 10.1. The number of aliphatic hydroxyl groups is 1. The molecule has 6 heteroatoms. The number of carbonyl (C=O) groups excluding carboxylic acids is 1. The Balaban J connectivity index is 1.48. The van der Waals surface area contributed by atoms with Gasteiger partial charge in [-0.1, -0.05) is 6.42 Å². The summed E-state index contributed by atoms with van der Waals surface area (Å²) in [6.45, 7) is 6.04. The van der Waals surface area contributed by atoms with E-state index in [4.69, 9.17) is 4.42 Å². The Hall–Kier alpha value is -1.53. The van der Waals surface area contributed by atoms with Crippen LogP contribution in [0.2, 0.25) is 0 Å². The van der Waals surface area contributed by atoms with Gasteiger partial charge in [-0.2, -0.15) is 0 Å². The molecule has 0 spiro atoms. The van der Waals surface area contributed by atoms with E-state index in [1.807, 2.05) is 4.90 Å². The molecule has 0 saturated carbocycles. The van der Waals surface area contributed by atoms with E-state index in [9.17, 15) is 9.90 Å². The van der Waals surface area contributed by atoms with Crippen molar-refractivity contribution in [1.82, 2.24) is 15.1 Å². The van der Waals surface area contributed by atoms with Crippen molar-refractivity contribution in [2.45, 2.75) is 63.6 Å². The minimum absolute atomic E-state index is 0.00125. The Morgan fingerprint density at radius 3 is 2.84 bits per heavy atom. The molecule has 3 unspecified atom stereocenters. The third-order valence-corrected chi connectivity index (χ3v) is 5.36. The van der Waals surface area contributed by atoms with Gasteiger partial charge in [0.25, 0.3) is 0 Å². The Morgan fingerprint density at radius 2 is 2.12 bits per heavy atom. The van der Waals surface area contributed by atoms with E-state index < -0.39 is 6.10 Å². The second kappa shape index (κ2) is 8.72. The first-order chi connectivity index (χ1) is 12.1. The number of carbonyl (C=O) groups is 1. The van der Waals surface area contributed by atoms with Crippen LogP contribution < -0.4 is 5.32 Å². The lowest BCUT2D eigenvalue weighted by Crippen LogP contribution is -2.50. The van der Waals surface area contributed by atoms with Crippen molar-refractivity contribution in [2.75, 3.05) is 26.2 Å². The second-order valence-electron chi connectivity index (χ2n) is 7.47. The van der Waals surface area contributed by atoms with Crippen molar-refractivity contribution in [2.24, 2.45) is 0 Å². The van der Waals surface area contributed by atoms with Gasteiger partial charge in [-0.05, 0) is 57.8 Å². The van der Waals surface area contributed by atoms with E-state index in [-0.39, 0.29) is 18.1 Å². The fraction of sp³-hybridized carbons (Fsp3) is 0.737. The quantitative estimate of drug-likeness (QED) is 0.829. The third kappa shape index (κ3) is 4.98. The summed E-state index contributed by atoms with van der Waals surface area (Å²) in [5, 5.41) is 13.5. The number of aliphatic hydroxyl groups excluding tert-OH is 1. The molecule has 0 bridgehead atoms. The Bertz CT molecular complexity index is 528. The number of rotatable bonds is 6. The first-order valence-electron chi connectivity index (χ1n) is 9.64. The number of hydrogen-bond acceptors (Lipinski definition) is 4. The van der Waals surface area contributed by atoms with E-state index in [0.717, 1.165) is 39.0 Å². The number of nitrogens with zero attached hydrogens (tertiary/aromatic N) is 2. The molecule has 6 nitrogen and oxygen atoms in total. The summed E-state index contributed by atoms with van der Waals surface area (Å²) in [7, 11) is 0. The van der Waals surface area contributed by atoms with Crippen molar-refractivity contribution in [3.8, 4) is 0 Å². The van der Waals surface area contributed by atoms with Gasteiger partial charge >= 0.3 is 6.03 Å². The van der Waals surface area contributed by atoms with E-state index >= 15 is 0 Å². The van der Waals surface area contributed by atoms with Gasteiger partial charge in [-0.25, -0.2) is 4.79 Å². The van der Waals surface area contributed by atoms with Crippen LogP contribution in [0, 0.1) is 0 Å². The monoisotopic (exact) mass is 349 g/mol. The molecule has 0 aromatic carbocycles. The molecule has 2 N–H and O–H groups in total. The first kappa shape index (κ1) is 18.3. The predicted molar refractivity (Wildman–Crippen MR) is 96.3 cm³/mol. The van der Waals surface area contributed by atoms with Crippen LogP contribution in [0.1, 0.15) is 57.3 Å². The number of amides is 2. The molecule has 2 saturated heterocycles. The summed E-state index contributed by atoms with van der Waals surface area (Å²) in [4.78, 5) is 17.0. The fourth-order valence-electron chi connectivity index (χ4n) is 4.07. The molecule has 0 aliphatic carbocycles. The maximum atomic E-state index is 12.7. The molecule has 3 heterocycles. The van der Waals surface area contributed by atoms with Crippen LogP contribution in [0.4, 0.5) is 4.79 Å². The summed E-state index contributed by atoms with van der Waals surface area (Å²) in [5.41, 5.74) is 0. The third-order valence-electron chi connectivity index (χ3n) is 5.36. The average Bonchev–Trinajstić information content (AvgIpc) is 3.27. The van der Waals surface area contributed by atoms with Crippen LogP contribution in [0.5, 0.6) is 0 Å². The number of hydrogen-bond donors (Lipinski definition) is 2. The molecule has 1 aromatic rings. The summed E-state index contributed by atoms with van der Waals surface area (Å²) in [6.07, 6.45) is 7.22. The van der Waals surface area contributed by atoms with E-state index in [1.54, 1.807) is 18.4 Å². The van der Waals surface area contributed by atoms with Crippen molar-refractivity contribution in [1.29, 1.82) is 0 Å². The van der Waals surface area contributed by atoms with Gasteiger partial charge in [0, 0.05) is 31.6 Å². The van der Waals surface area contributed by atoms with Crippen molar-refractivity contribution >= 4 is 6.03 Å². The fourth-order valence-corrected chi connectivity index (χ4v) is 4.07. The molecule has 2 aliphatic rings. The molecule has 25 heavy (non-hydrogen) atoms. The lowest BCUT2D eigenvalue weighted by molar-refractivity contribution is 0.106. The second-order valence-corrected chi connectivity index (χ2v) is 7.47. The van der Waals surface area contributed by atoms with E-state index in [0.29, 0.717) is 12.2 Å². The zero-order valence-corrected chi connectivity index (χ0v) is 15.2. The van der Waals surface area contributed by atoms with Crippen LogP contribution in [0.3, 0.4) is 0 Å². The van der Waals surface area contributed by atoms with Crippen LogP contribution in [-0.4, -0.2) is 59.2 Å². The molecule has 2 aliphatic heterocycles. The zero-order chi connectivity index (χ0) is 17.6. The minimum atomic E-state index is -0.654. The number of nitrogens with one attached hydrogen (secondary N) is 1. The largest absolute Gasteiger partial charge is 0.467 e.